The molecule has 2 aromatic rings. The topological polar surface area (TPSA) is 187 Å². The molecule has 0 aromatic heterocycles. The van der Waals surface area contributed by atoms with Crippen LogP contribution in [0.3, 0.4) is 0 Å². The Balaban J connectivity index is 1.55. The molecule has 13 nitrogen and oxygen atoms in total. The highest BCUT2D eigenvalue weighted by Crippen LogP contribution is 2.25. The molecule has 1 aliphatic rings. The molecule has 5 atom stereocenters. The second-order valence-electron chi connectivity index (χ2n) is 10.4. The van der Waals surface area contributed by atoms with Crippen molar-refractivity contribution in [2.45, 2.75) is 63.5 Å². The van der Waals surface area contributed by atoms with Crippen LogP contribution in [0.25, 0.3) is 0 Å². The number of rotatable bonds is 10. The number of benzene rings is 2. The van der Waals surface area contributed by atoms with Crippen LogP contribution in [0.4, 0.5) is 10.5 Å². The number of hydrogen-bond donors (Lipinski definition) is 6. The average molecular weight is 576 g/mol. The summed E-state index contributed by atoms with van der Waals surface area (Å²) in [5, 5.41) is 44.6. The summed E-state index contributed by atoms with van der Waals surface area (Å²) in [5.74, 6) is -0.553. The zero-order valence-electron chi connectivity index (χ0n) is 23.1. The van der Waals surface area contributed by atoms with Gasteiger partial charge in [-0.2, -0.15) is 0 Å². The number of hydrogen-bond acceptors (Lipinski definition) is 10. The molecule has 2 unspecified atom stereocenters. The number of nitrogens with zero attached hydrogens (tertiary/aromatic N) is 1. The highest BCUT2D eigenvalue weighted by molar-refractivity contribution is 5.94. The summed E-state index contributed by atoms with van der Waals surface area (Å²) in [6.07, 6.45) is -7.86. The summed E-state index contributed by atoms with van der Waals surface area (Å²) in [5.41, 5.74) is 0.0613. The van der Waals surface area contributed by atoms with Gasteiger partial charge in [0.2, 0.25) is 12.2 Å². The summed E-state index contributed by atoms with van der Waals surface area (Å²) in [4.78, 5) is 39.0. The molecule has 3 amide bonds. The lowest BCUT2D eigenvalue weighted by Gasteiger charge is -2.39. The lowest BCUT2D eigenvalue weighted by atomic mass is 9.99. The fourth-order valence-corrected chi connectivity index (χ4v) is 3.80. The minimum atomic E-state index is -1.57. The van der Waals surface area contributed by atoms with E-state index in [4.69, 9.17) is 14.2 Å². The van der Waals surface area contributed by atoms with Crippen LogP contribution < -0.4 is 15.4 Å². The van der Waals surface area contributed by atoms with E-state index in [2.05, 4.69) is 10.6 Å². The quantitative estimate of drug-likeness (QED) is 0.221. The Morgan fingerprint density at radius 1 is 0.951 bits per heavy atom. The van der Waals surface area contributed by atoms with Crippen molar-refractivity contribution in [2.75, 3.05) is 25.1 Å². The molecule has 0 spiro atoms. The van der Waals surface area contributed by atoms with Crippen molar-refractivity contribution < 1.29 is 49.0 Å². The molecule has 3 rings (SSSR count). The van der Waals surface area contributed by atoms with Crippen LogP contribution in [0.5, 0.6) is 5.75 Å². The third-order valence-corrected chi connectivity index (χ3v) is 5.97. The summed E-state index contributed by atoms with van der Waals surface area (Å²) in [6, 6.07) is 14.5. The van der Waals surface area contributed by atoms with E-state index in [-0.39, 0.29) is 31.3 Å². The van der Waals surface area contributed by atoms with E-state index < -0.39 is 54.9 Å². The predicted molar refractivity (Wildman–Crippen MR) is 146 cm³/mol. The van der Waals surface area contributed by atoms with Gasteiger partial charge in [-0.3, -0.25) is 14.5 Å². The maximum atomic E-state index is 12.7. The number of carbonyl (C=O) groups excluding carboxylic acids is 3. The molecule has 1 aliphatic heterocycles. The van der Waals surface area contributed by atoms with E-state index in [9.17, 15) is 34.8 Å². The Hall–Kier alpha value is -3.75. The Labute approximate surface area is 237 Å². The van der Waals surface area contributed by atoms with Crippen molar-refractivity contribution in [1.82, 2.24) is 10.2 Å². The summed E-state index contributed by atoms with van der Waals surface area (Å²) >= 11 is 0. The highest BCUT2D eigenvalue weighted by atomic mass is 16.7. The van der Waals surface area contributed by atoms with Gasteiger partial charge in [0, 0.05) is 24.2 Å². The van der Waals surface area contributed by atoms with Crippen molar-refractivity contribution in [3.05, 3.63) is 60.2 Å². The normalized spacial score (nSPS) is 22.4. The van der Waals surface area contributed by atoms with Gasteiger partial charge in [0.05, 0.1) is 13.3 Å². The predicted octanol–water partition coefficient (Wildman–Crippen LogP) is 0.819. The third kappa shape index (κ3) is 9.40. The van der Waals surface area contributed by atoms with Crippen molar-refractivity contribution in [3.63, 3.8) is 0 Å². The van der Waals surface area contributed by atoms with E-state index in [0.29, 0.717) is 11.3 Å². The molecule has 0 saturated carbocycles. The van der Waals surface area contributed by atoms with Gasteiger partial charge in [-0.15, -0.1) is 0 Å². The minimum absolute atomic E-state index is 0.0336. The molecule has 224 valence electrons. The highest BCUT2D eigenvalue weighted by Gasteiger charge is 2.44. The lowest BCUT2D eigenvalue weighted by Crippen LogP contribution is -2.60. The first-order valence-electron chi connectivity index (χ1n) is 13.1. The summed E-state index contributed by atoms with van der Waals surface area (Å²) in [6.45, 7) is 4.35. The van der Waals surface area contributed by atoms with E-state index >= 15 is 0 Å². The number of nitrogens with one attached hydrogen (secondary N) is 2. The maximum absolute atomic E-state index is 12.7. The van der Waals surface area contributed by atoms with Gasteiger partial charge in [0.1, 0.15) is 35.8 Å². The van der Waals surface area contributed by atoms with Crippen LogP contribution in [-0.4, -0.2) is 99.4 Å². The Morgan fingerprint density at radius 2 is 1.61 bits per heavy atom. The van der Waals surface area contributed by atoms with E-state index in [1.54, 1.807) is 51.1 Å². The molecule has 1 saturated heterocycles. The van der Waals surface area contributed by atoms with Crippen molar-refractivity contribution in [2.24, 2.45) is 0 Å². The fourth-order valence-electron chi connectivity index (χ4n) is 3.80. The number of aliphatic hydroxyl groups is 4. The molecule has 41 heavy (non-hydrogen) atoms. The fraction of sp³-hybridized carbons (Fsp3) is 0.464. The average Bonchev–Trinajstić information content (AvgIpc) is 2.93. The van der Waals surface area contributed by atoms with E-state index in [0.717, 1.165) is 0 Å². The van der Waals surface area contributed by atoms with Crippen LogP contribution in [0.15, 0.2) is 54.6 Å². The van der Waals surface area contributed by atoms with Crippen LogP contribution in [-0.2, 0) is 14.3 Å². The van der Waals surface area contributed by atoms with Gasteiger partial charge < -0.3 is 45.3 Å². The SMILES string of the molecule is CC(C)(C)OC(=O)N(CCC(=O)Nc1ccc(O[C@H]2OC(CO)[C@@H](O)[C@H](O)C2O)cc1)CNC(=O)c1ccccc1. The molecule has 0 bridgehead atoms. The number of aliphatic hydroxyl groups excluding tert-OH is 4. The first-order valence-corrected chi connectivity index (χ1v) is 13.1. The van der Waals surface area contributed by atoms with E-state index in [1.807, 2.05) is 0 Å². The smallest absolute Gasteiger partial charge is 0.411 e. The van der Waals surface area contributed by atoms with Crippen LogP contribution in [0.2, 0.25) is 0 Å². The molecule has 1 fully saturated rings. The number of carbonyl (C=O) groups is 3. The van der Waals surface area contributed by atoms with E-state index in [1.165, 1.54) is 29.2 Å². The van der Waals surface area contributed by atoms with Crippen LogP contribution >= 0.6 is 0 Å². The molecule has 13 heteroatoms. The van der Waals surface area contributed by atoms with Gasteiger partial charge >= 0.3 is 6.09 Å². The minimum Gasteiger partial charge on any atom is -0.462 e. The van der Waals surface area contributed by atoms with Gasteiger partial charge in [-0.05, 0) is 57.2 Å². The summed E-state index contributed by atoms with van der Waals surface area (Å²) in [7, 11) is 0. The largest absolute Gasteiger partial charge is 0.462 e. The second-order valence-corrected chi connectivity index (χ2v) is 10.4. The maximum Gasteiger partial charge on any atom is 0.411 e. The Kier molecular flexibility index (Phi) is 11.0. The van der Waals surface area contributed by atoms with Gasteiger partial charge in [0.15, 0.2) is 0 Å². The molecule has 2 aromatic carbocycles. The van der Waals surface area contributed by atoms with Gasteiger partial charge in [-0.1, -0.05) is 18.2 Å². The van der Waals surface area contributed by atoms with Crippen LogP contribution in [0, 0.1) is 0 Å². The van der Waals surface area contributed by atoms with Crippen molar-refractivity contribution in [1.29, 1.82) is 0 Å². The van der Waals surface area contributed by atoms with Gasteiger partial charge in [0.25, 0.3) is 5.91 Å². The molecular formula is C28H37N3O10. The zero-order valence-corrected chi connectivity index (χ0v) is 23.1. The number of anilines is 1. The number of ether oxygens (including phenoxy) is 3. The van der Waals surface area contributed by atoms with Gasteiger partial charge in [-0.25, -0.2) is 4.79 Å². The Bertz CT molecular complexity index is 1150. The van der Waals surface area contributed by atoms with Crippen molar-refractivity contribution in [3.8, 4) is 5.75 Å². The second kappa shape index (κ2) is 14.2. The monoisotopic (exact) mass is 575 g/mol. The molecular weight excluding hydrogens is 538 g/mol. The Morgan fingerprint density at radius 3 is 2.22 bits per heavy atom. The summed E-state index contributed by atoms with van der Waals surface area (Å²) < 4.78 is 16.3. The zero-order chi connectivity index (χ0) is 30.2. The first-order chi connectivity index (χ1) is 19.4. The molecule has 1 heterocycles. The van der Waals surface area contributed by atoms with Crippen molar-refractivity contribution >= 4 is 23.6 Å². The standard InChI is InChI=1S/C28H37N3O10/c1-28(2,3)41-27(38)31(16-29-25(37)17-7-5-4-6-8-17)14-13-21(33)30-18-9-11-19(12-10-18)39-26-24(36)23(35)22(34)20(15-32)40-26/h4-12,20,22-24,26,32,34-36H,13-16H2,1-3H3,(H,29,37)(H,30,33)/t20?,22-,23+,24?,26+/m1/s1. The third-order valence-electron chi connectivity index (χ3n) is 5.97. The van der Waals surface area contributed by atoms with Crippen LogP contribution in [0.1, 0.15) is 37.6 Å². The first kappa shape index (κ1) is 31.8. The molecule has 0 aliphatic carbocycles. The lowest BCUT2D eigenvalue weighted by molar-refractivity contribution is -0.277. The molecule has 6 N–H and O–H groups in total. The molecule has 0 radical (unpaired) electrons. The number of amides is 3.